The Bertz CT molecular complexity index is 955. The van der Waals surface area contributed by atoms with Crippen LogP contribution < -0.4 is 15.4 Å². The van der Waals surface area contributed by atoms with Gasteiger partial charge in [0, 0.05) is 18.5 Å². The first kappa shape index (κ1) is 20.8. The topological polar surface area (TPSA) is 81.1 Å². The van der Waals surface area contributed by atoms with Crippen molar-refractivity contribution in [1.82, 2.24) is 20.1 Å². The smallest absolute Gasteiger partial charge is 0.258 e. The maximum absolute atomic E-state index is 12.7. The quantitative estimate of drug-likeness (QED) is 0.665. The number of aryl methyl sites for hydroxylation is 1. The molecule has 8 heteroatoms. The Labute approximate surface area is 175 Å². The average molecular weight is 414 g/mol. The highest BCUT2D eigenvalue weighted by atomic mass is 35.5. The molecule has 1 aromatic heterocycles. The lowest BCUT2D eigenvalue weighted by atomic mass is 9.98. The minimum Gasteiger partial charge on any atom is -0.457 e. The minimum absolute atomic E-state index is 0. The van der Waals surface area contributed by atoms with Crippen LogP contribution >= 0.6 is 12.4 Å². The molecule has 0 unspecified atom stereocenters. The normalized spacial score (nSPS) is 14.1. The van der Waals surface area contributed by atoms with E-state index in [1.165, 1.54) is 0 Å². The van der Waals surface area contributed by atoms with Crippen molar-refractivity contribution in [3.05, 3.63) is 66.0 Å². The zero-order valence-electron chi connectivity index (χ0n) is 16.2. The molecule has 3 aromatic rings. The molecule has 2 heterocycles. The van der Waals surface area contributed by atoms with E-state index in [2.05, 4.69) is 20.7 Å². The van der Waals surface area contributed by atoms with Crippen molar-refractivity contribution in [1.29, 1.82) is 0 Å². The second kappa shape index (κ2) is 9.54. The maximum atomic E-state index is 12.7. The number of nitrogens with zero attached hydrogens (tertiary/aromatic N) is 3. The second-order valence-corrected chi connectivity index (χ2v) is 6.84. The van der Waals surface area contributed by atoms with E-state index in [9.17, 15) is 4.79 Å². The summed E-state index contributed by atoms with van der Waals surface area (Å²) in [5, 5.41) is 10.7. The van der Waals surface area contributed by atoms with E-state index in [4.69, 9.17) is 4.74 Å². The van der Waals surface area contributed by atoms with Gasteiger partial charge in [-0.3, -0.25) is 10.1 Å². The lowest BCUT2D eigenvalue weighted by molar-refractivity contribution is 0.102. The van der Waals surface area contributed by atoms with Crippen molar-refractivity contribution in [2.75, 3.05) is 18.4 Å². The number of carbonyl (C=O) groups is 1. The summed E-state index contributed by atoms with van der Waals surface area (Å²) >= 11 is 0. The van der Waals surface area contributed by atoms with E-state index in [1.54, 1.807) is 29.9 Å². The van der Waals surface area contributed by atoms with Crippen molar-refractivity contribution in [2.24, 2.45) is 7.05 Å². The third kappa shape index (κ3) is 5.13. The van der Waals surface area contributed by atoms with Gasteiger partial charge in [-0.15, -0.1) is 12.4 Å². The number of rotatable bonds is 5. The molecule has 1 fully saturated rings. The largest absolute Gasteiger partial charge is 0.457 e. The number of amides is 1. The molecule has 4 rings (SSSR count). The number of benzene rings is 2. The van der Waals surface area contributed by atoms with Gasteiger partial charge in [-0.2, -0.15) is 10.1 Å². The van der Waals surface area contributed by atoms with Gasteiger partial charge in [0.15, 0.2) is 5.82 Å². The summed E-state index contributed by atoms with van der Waals surface area (Å²) < 4.78 is 7.43. The van der Waals surface area contributed by atoms with E-state index in [0.29, 0.717) is 23.2 Å². The van der Waals surface area contributed by atoms with Crippen LogP contribution in [0.1, 0.15) is 34.9 Å². The lowest BCUT2D eigenvalue weighted by Gasteiger charge is -2.19. The van der Waals surface area contributed by atoms with Crippen LogP contribution in [-0.4, -0.2) is 33.8 Å². The first-order valence-electron chi connectivity index (χ1n) is 9.45. The van der Waals surface area contributed by atoms with Crippen molar-refractivity contribution in [2.45, 2.75) is 18.8 Å². The Hall–Kier alpha value is -2.90. The van der Waals surface area contributed by atoms with Crippen LogP contribution in [0.25, 0.3) is 0 Å². The molecule has 29 heavy (non-hydrogen) atoms. The Balaban J connectivity index is 0.00000240. The summed E-state index contributed by atoms with van der Waals surface area (Å²) in [7, 11) is 1.79. The van der Waals surface area contributed by atoms with Gasteiger partial charge in [0.05, 0.1) is 0 Å². The molecule has 152 valence electrons. The molecule has 7 nitrogen and oxygen atoms in total. The van der Waals surface area contributed by atoms with Gasteiger partial charge in [0.2, 0.25) is 5.95 Å². The molecule has 1 aliphatic rings. The molecule has 0 bridgehead atoms. The SMILES string of the molecule is Cl.Cn1nc(C2CCNCC2)nc1NC(=O)c1cccc(Oc2ccccc2)c1. The van der Waals surface area contributed by atoms with Crippen LogP contribution in [0.15, 0.2) is 54.6 Å². The number of halogens is 1. The fraction of sp³-hybridized carbons (Fsp3) is 0.286. The number of para-hydroxylation sites is 1. The Morgan fingerprint density at radius 2 is 1.83 bits per heavy atom. The minimum atomic E-state index is -0.245. The van der Waals surface area contributed by atoms with Crippen LogP contribution in [0.2, 0.25) is 0 Å². The third-order valence-corrected chi connectivity index (χ3v) is 4.78. The molecule has 1 aliphatic heterocycles. The van der Waals surface area contributed by atoms with E-state index in [0.717, 1.165) is 37.5 Å². The van der Waals surface area contributed by atoms with Crippen molar-refractivity contribution >= 4 is 24.3 Å². The number of nitrogens with one attached hydrogen (secondary N) is 2. The number of hydrogen-bond acceptors (Lipinski definition) is 5. The van der Waals surface area contributed by atoms with E-state index < -0.39 is 0 Å². The van der Waals surface area contributed by atoms with Gasteiger partial charge in [-0.25, -0.2) is 4.68 Å². The van der Waals surface area contributed by atoms with Gasteiger partial charge in [-0.05, 0) is 56.3 Å². The van der Waals surface area contributed by atoms with Crippen LogP contribution in [0.5, 0.6) is 11.5 Å². The molecule has 1 saturated heterocycles. The number of carbonyl (C=O) groups excluding carboxylic acids is 1. The van der Waals surface area contributed by atoms with Crippen LogP contribution in [-0.2, 0) is 7.05 Å². The average Bonchev–Trinajstić information content (AvgIpc) is 3.10. The molecule has 1 amide bonds. The Kier molecular flexibility index (Phi) is 6.85. The highest BCUT2D eigenvalue weighted by Gasteiger charge is 2.21. The van der Waals surface area contributed by atoms with Crippen molar-refractivity contribution < 1.29 is 9.53 Å². The molecule has 0 aliphatic carbocycles. The second-order valence-electron chi connectivity index (χ2n) is 6.84. The summed E-state index contributed by atoms with van der Waals surface area (Å²) in [5.74, 6) is 2.66. The summed E-state index contributed by atoms with van der Waals surface area (Å²) in [6, 6.07) is 16.5. The zero-order valence-corrected chi connectivity index (χ0v) is 17.0. The van der Waals surface area contributed by atoms with Crippen LogP contribution in [0.3, 0.4) is 0 Å². The third-order valence-electron chi connectivity index (χ3n) is 4.78. The van der Waals surface area contributed by atoms with E-state index in [-0.39, 0.29) is 18.3 Å². The predicted octanol–water partition coefficient (Wildman–Crippen LogP) is 3.75. The lowest BCUT2D eigenvalue weighted by Crippen LogP contribution is -2.27. The zero-order chi connectivity index (χ0) is 19.3. The van der Waals surface area contributed by atoms with E-state index >= 15 is 0 Å². The molecular weight excluding hydrogens is 390 g/mol. The summed E-state index contributed by atoms with van der Waals surface area (Å²) in [4.78, 5) is 17.2. The fourth-order valence-electron chi connectivity index (χ4n) is 3.27. The van der Waals surface area contributed by atoms with Crippen LogP contribution in [0.4, 0.5) is 5.95 Å². The summed E-state index contributed by atoms with van der Waals surface area (Å²) in [6.07, 6.45) is 2.02. The monoisotopic (exact) mass is 413 g/mol. The standard InChI is InChI=1S/C21H23N5O2.ClH/c1-26-21(23-19(25-26)15-10-12-22-13-11-15)24-20(27)16-6-5-9-18(14-16)28-17-7-3-2-4-8-17;/h2-9,14-15,22H,10-13H2,1H3,(H,23,24,25,27);1H. The Morgan fingerprint density at radius 1 is 1.10 bits per heavy atom. The molecule has 0 atom stereocenters. The highest BCUT2D eigenvalue weighted by molar-refractivity contribution is 6.03. The molecule has 2 N–H and O–H groups in total. The summed E-state index contributed by atoms with van der Waals surface area (Å²) in [6.45, 7) is 1.94. The molecule has 0 spiro atoms. The van der Waals surface area contributed by atoms with E-state index in [1.807, 2.05) is 36.4 Å². The number of ether oxygens (including phenoxy) is 1. The predicted molar refractivity (Wildman–Crippen MR) is 114 cm³/mol. The number of hydrogen-bond donors (Lipinski definition) is 2. The highest BCUT2D eigenvalue weighted by Crippen LogP contribution is 2.24. The maximum Gasteiger partial charge on any atom is 0.258 e. The molecule has 0 radical (unpaired) electrons. The van der Waals surface area contributed by atoms with Crippen LogP contribution in [0, 0.1) is 0 Å². The molecular formula is C21H24ClN5O2. The molecule has 0 saturated carbocycles. The van der Waals surface area contributed by atoms with Gasteiger partial charge in [-0.1, -0.05) is 24.3 Å². The fourth-order valence-corrected chi connectivity index (χ4v) is 3.27. The number of anilines is 1. The summed E-state index contributed by atoms with van der Waals surface area (Å²) in [5.41, 5.74) is 0.500. The van der Waals surface area contributed by atoms with Gasteiger partial charge < -0.3 is 10.1 Å². The van der Waals surface area contributed by atoms with Crippen molar-refractivity contribution in [3.63, 3.8) is 0 Å². The Morgan fingerprint density at radius 3 is 2.59 bits per heavy atom. The van der Waals surface area contributed by atoms with Gasteiger partial charge in [0.25, 0.3) is 5.91 Å². The number of aromatic nitrogens is 3. The molecule has 2 aromatic carbocycles. The number of piperidine rings is 1. The van der Waals surface area contributed by atoms with Gasteiger partial charge in [0.1, 0.15) is 11.5 Å². The first-order valence-corrected chi connectivity index (χ1v) is 9.45. The van der Waals surface area contributed by atoms with Gasteiger partial charge >= 0.3 is 0 Å². The van der Waals surface area contributed by atoms with Crippen molar-refractivity contribution in [3.8, 4) is 11.5 Å². The first-order chi connectivity index (χ1) is 13.7.